The monoisotopic (exact) mass is 120 g/mol. The normalized spacial score (nSPS) is 15.5. The fraction of sp³-hybridized carbons (Fsp3) is 0.750. The average molecular weight is 120 g/mol. The van der Waals surface area contributed by atoms with Crippen molar-refractivity contribution in [2.75, 3.05) is 0 Å². The molecule has 0 spiro atoms. The molecule has 48 valence electrons. The van der Waals surface area contributed by atoms with Crippen LogP contribution in [0, 0.1) is 0 Å². The van der Waals surface area contributed by atoms with Gasteiger partial charge in [-0.05, 0) is 6.92 Å². The summed E-state index contributed by atoms with van der Waals surface area (Å²) in [5.41, 5.74) is 0. The van der Waals surface area contributed by atoms with Gasteiger partial charge in [-0.2, -0.15) is 0 Å². The Kier molecular flexibility index (Phi) is 2.09. The van der Waals surface area contributed by atoms with Crippen molar-refractivity contribution >= 4 is 6.29 Å². The van der Waals surface area contributed by atoms with Crippen molar-refractivity contribution in [1.29, 1.82) is 0 Å². The first-order valence-electron chi connectivity index (χ1n) is 2.10. The summed E-state index contributed by atoms with van der Waals surface area (Å²) in [5, 5.41) is 25.0. The van der Waals surface area contributed by atoms with E-state index in [1.807, 2.05) is 0 Å². The Labute approximate surface area is 46.4 Å². The Balaban J connectivity index is 3.90. The van der Waals surface area contributed by atoms with Crippen molar-refractivity contribution in [3.05, 3.63) is 0 Å². The second-order valence-electron chi connectivity index (χ2n) is 1.58. The molecule has 1 atom stereocenters. The maximum atomic E-state index is 9.61. The molecule has 0 aliphatic rings. The number of carbonyl (C=O) groups excluding carboxylic acids is 1. The molecule has 0 saturated carbocycles. The summed E-state index contributed by atoms with van der Waals surface area (Å²) in [4.78, 5) is 9.61. The van der Waals surface area contributed by atoms with Gasteiger partial charge in [0.2, 0.25) is 5.79 Å². The van der Waals surface area contributed by atoms with Crippen LogP contribution in [0.3, 0.4) is 0 Å². The van der Waals surface area contributed by atoms with Crippen molar-refractivity contribution < 1.29 is 20.1 Å². The molecule has 0 radical (unpaired) electrons. The number of rotatable bonds is 2. The van der Waals surface area contributed by atoms with Gasteiger partial charge in [0, 0.05) is 0 Å². The predicted octanol–water partition coefficient (Wildman–Crippen LogP) is -1.75. The molecular weight excluding hydrogens is 112 g/mol. The summed E-state index contributed by atoms with van der Waals surface area (Å²) in [5.74, 6) is -2.58. The minimum absolute atomic E-state index is 0.127. The molecule has 1 unspecified atom stereocenters. The summed E-state index contributed by atoms with van der Waals surface area (Å²) < 4.78 is 0. The predicted molar refractivity (Wildman–Crippen MR) is 24.9 cm³/mol. The molecule has 0 amide bonds. The average Bonchev–Trinajstić information content (AvgIpc) is 1.67. The molecule has 0 saturated heterocycles. The van der Waals surface area contributed by atoms with Crippen molar-refractivity contribution in [2.24, 2.45) is 0 Å². The van der Waals surface area contributed by atoms with Gasteiger partial charge in [0.15, 0.2) is 6.29 Å². The molecule has 0 fully saturated rings. The minimum Gasteiger partial charge on any atom is -0.387 e. The zero-order valence-corrected chi connectivity index (χ0v) is 4.40. The van der Waals surface area contributed by atoms with E-state index in [1.54, 1.807) is 0 Å². The number of hydrogen-bond donors (Lipinski definition) is 3. The van der Waals surface area contributed by atoms with Crippen LogP contribution in [0.25, 0.3) is 0 Å². The van der Waals surface area contributed by atoms with Gasteiger partial charge in [-0.1, -0.05) is 0 Å². The number of aldehydes is 1. The second kappa shape index (κ2) is 2.21. The van der Waals surface area contributed by atoms with Crippen molar-refractivity contribution in [2.45, 2.75) is 18.8 Å². The molecule has 8 heavy (non-hydrogen) atoms. The Bertz CT molecular complexity index is 86.0. The van der Waals surface area contributed by atoms with Crippen molar-refractivity contribution in [3.8, 4) is 0 Å². The molecule has 0 aromatic heterocycles. The molecule has 0 rings (SSSR count). The van der Waals surface area contributed by atoms with E-state index in [9.17, 15) is 4.79 Å². The van der Waals surface area contributed by atoms with Gasteiger partial charge in [0.25, 0.3) is 0 Å². The highest BCUT2D eigenvalue weighted by molar-refractivity contribution is 5.59. The Morgan fingerprint density at radius 2 is 2.00 bits per heavy atom. The van der Waals surface area contributed by atoms with Crippen LogP contribution < -0.4 is 0 Å². The molecule has 0 aromatic carbocycles. The molecule has 0 aromatic rings. The van der Waals surface area contributed by atoms with E-state index in [2.05, 4.69) is 0 Å². The van der Waals surface area contributed by atoms with Crippen LogP contribution in [-0.4, -0.2) is 33.5 Å². The molecular formula is C4H8O4. The molecule has 0 heterocycles. The summed E-state index contributed by atoms with van der Waals surface area (Å²) in [7, 11) is 0. The maximum Gasteiger partial charge on any atom is 0.247 e. The summed E-state index contributed by atoms with van der Waals surface area (Å²) in [6.45, 7) is 1.11. The van der Waals surface area contributed by atoms with Crippen molar-refractivity contribution in [3.63, 3.8) is 0 Å². The van der Waals surface area contributed by atoms with Gasteiger partial charge in [0.05, 0.1) is 0 Å². The lowest BCUT2D eigenvalue weighted by Gasteiger charge is -2.16. The first-order valence-corrected chi connectivity index (χ1v) is 2.10. The minimum atomic E-state index is -2.58. The van der Waals surface area contributed by atoms with Crippen LogP contribution in [0.1, 0.15) is 6.92 Å². The fourth-order valence-corrected chi connectivity index (χ4v) is 0.0985. The summed E-state index contributed by atoms with van der Waals surface area (Å²) in [6, 6.07) is 0. The third kappa shape index (κ3) is 1.57. The molecule has 3 N–H and O–H groups in total. The third-order valence-corrected chi connectivity index (χ3v) is 0.788. The van der Waals surface area contributed by atoms with E-state index in [1.165, 1.54) is 0 Å². The first-order chi connectivity index (χ1) is 3.50. The number of hydrogen-bond acceptors (Lipinski definition) is 4. The van der Waals surface area contributed by atoms with E-state index in [4.69, 9.17) is 15.3 Å². The van der Waals surface area contributed by atoms with Crippen LogP contribution in [0.2, 0.25) is 0 Å². The number of aliphatic hydroxyl groups is 3. The van der Waals surface area contributed by atoms with Crippen LogP contribution in [0.5, 0.6) is 0 Å². The Morgan fingerprint density at radius 1 is 1.62 bits per heavy atom. The summed E-state index contributed by atoms with van der Waals surface area (Å²) in [6.07, 6.45) is -1.57. The van der Waals surface area contributed by atoms with E-state index >= 15 is 0 Å². The van der Waals surface area contributed by atoms with E-state index < -0.39 is 11.9 Å². The van der Waals surface area contributed by atoms with Gasteiger partial charge in [-0.25, -0.2) is 0 Å². The quantitative estimate of drug-likeness (QED) is 0.298. The second-order valence-corrected chi connectivity index (χ2v) is 1.58. The van der Waals surface area contributed by atoms with Crippen molar-refractivity contribution in [1.82, 2.24) is 0 Å². The van der Waals surface area contributed by atoms with Gasteiger partial charge in [-0.15, -0.1) is 0 Å². The highest BCUT2D eigenvalue weighted by Crippen LogP contribution is 1.99. The molecule has 4 heteroatoms. The van der Waals surface area contributed by atoms with Gasteiger partial charge in [0.1, 0.15) is 6.10 Å². The zero-order chi connectivity index (χ0) is 6.78. The lowest BCUT2D eigenvalue weighted by atomic mass is 10.2. The van der Waals surface area contributed by atoms with E-state index in [0.29, 0.717) is 0 Å². The SMILES string of the molecule is CC(O)C(O)(O)C=O. The molecule has 4 nitrogen and oxygen atoms in total. The first kappa shape index (κ1) is 7.55. The van der Waals surface area contributed by atoms with Crippen LogP contribution >= 0.6 is 0 Å². The van der Waals surface area contributed by atoms with E-state index in [0.717, 1.165) is 6.92 Å². The lowest BCUT2D eigenvalue weighted by Crippen LogP contribution is -2.41. The third-order valence-electron chi connectivity index (χ3n) is 0.788. The standard InChI is InChI=1S/C4H8O4/c1-3(6)4(7,8)2-5/h2-3,6-8H,1H3. The Morgan fingerprint density at radius 3 is 2.00 bits per heavy atom. The molecule has 0 bridgehead atoms. The van der Waals surface area contributed by atoms with Gasteiger partial charge >= 0.3 is 0 Å². The Hall–Kier alpha value is -0.450. The zero-order valence-electron chi connectivity index (χ0n) is 4.40. The molecule has 0 aliphatic carbocycles. The van der Waals surface area contributed by atoms with Crippen LogP contribution in [0.15, 0.2) is 0 Å². The van der Waals surface area contributed by atoms with Crippen LogP contribution in [0.4, 0.5) is 0 Å². The highest BCUT2D eigenvalue weighted by Gasteiger charge is 2.28. The number of carbonyl (C=O) groups is 1. The molecule has 0 aliphatic heterocycles. The fourth-order valence-electron chi connectivity index (χ4n) is 0.0985. The maximum absolute atomic E-state index is 9.61. The van der Waals surface area contributed by atoms with Gasteiger partial charge in [-0.3, -0.25) is 4.79 Å². The summed E-state index contributed by atoms with van der Waals surface area (Å²) >= 11 is 0. The highest BCUT2D eigenvalue weighted by atomic mass is 16.5. The van der Waals surface area contributed by atoms with E-state index in [-0.39, 0.29) is 6.29 Å². The topological polar surface area (TPSA) is 77.8 Å². The van der Waals surface area contributed by atoms with Gasteiger partial charge < -0.3 is 15.3 Å². The largest absolute Gasteiger partial charge is 0.387 e. The number of aliphatic hydroxyl groups excluding tert-OH is 1. The smallest absolute Gasteiger partial charge is 0.247 e. The van der Waals surface area contributed by atoms with Crippen LogP contribution in [-0.2, 0) is 4.79 Å². The lowest BCUT2D eigenvalue weighted by molar-refractivity contribution is -0.204.